The van der Waals surface area contributed by atoms with Crippen LogP contribution in [0.4, 0.5) is 13.2 Å². The number of amides is 1. The van der Waals surface area contributed by atoms with Crippen LogP contribution in [-0.2, 0) is 0 Å². The summed E-state index contributed by atoms with van der Waals surface area (Å²) in [5.74, 6) is -0.398. The number of fused-ring (bicyclic) bond motifs is 1. The first-order valence-electron chi connectivity index (χ1n) is 6.28. The van der Waals surface area contributed by atoms with Crippen molar-refractivity contribution in [2.45, 2.75) is 6.18 Å². The molecule has 1 aliphatic heterocycles. The SMILES string of the molecule is O=C(c1cccc2c1OCCO2)N(CCO)CC(F)(F)F. The number of para-hydroxylation sites is 1. The van der Waals surface area contributed by atoms with Gasteiger partial charge in [-0.25, -0.2) is 0 Å². The lowest BCUT2D eigenvalue weighted by Gasteiger charge is -2.26. The number of nitrogens with zero attached hydrogens (tertiary/aromatic N) is 1. The molecule has 5 nitrogen and oxygen atoms in total. The number of aliphatic hydroxyl groups is 1. The third-order valence-electron chi connectivity index (χ3n) is 2.82. The molecule has 0 bridgehead atoms. The summed E-state index contributed by atoms with van der Waals surface area (Å²) in [5, 5.41) is 8.85. The number of hydrogen-bond acceptors (Lipinski definition) is 4. The maximum atomic E-state index is 12.5. The second-order valence-corrected chi connectivity index (χ2v) is 4.40. The molecule has 0 unspecified atom stereocenters. The summed E-state index contributed by atoms with van der Waals surface area (Å²) in [5.41, 5.74) is -0.00935. The zero-order valence-electron chi connectivity index (χ0n) is 11.0. The van der Waals surface area contributed by atoms with Crippen molar-refractivity contribution >= 4 is 5.91 Å². The highest BCUT2D eigenvalue weighted by Crippen LogP contribution is 2.34. The molecule has 1 heterocycles. The third-order valence-corrected chi connectivity index (χ3v) is 2.82. The van der Waals surface area contributed by atoms with E-state index in [1.54, 1.807) is 6.07 Å². The van der Waals surface area contributed by atoms with Crippen molar-refractivity contribution in [2.75, 3.05) is 32.9 Å². The van der Waals surface area contributed by atoms with Gasteiger partial charge in [0.15, 0.2) is 11.5 Å². The van der Waals surface area contributed by atoms with Gasteiger partial charge in [-0.3, -0.25) is 4.79 Å². The fourth-order valence-electron chi connectivity index (χ4n) is 2.00. The molecule has 1 amide bonds. The average Bonchev–Trinajstić information content (AvgIpc) is 2.44. The van der Waals surface area contributed by atoms with E-state index >= 15 is 0 Å². The van der Waals surface area contributed by atoms with Crippen LogP contribution in [0.2, 0.25) is 0 Å². The molecule has 2 rings (SSSR count). The van der Waals surface area contributed by atoms with E-state index < -0.39 is 31.8 Å². The minimum absolute atomic E-state index is 0.00935. The van der Waals surface area contributed by atoms with E-state index in [9.17, 15) is 18.0 Å². The summed E-state index contributed by atoms with van der Waals surface area (Å²) < 4.78 is 48.1. The topological polar surface area (TPSA) is 59.0 Å². The Bertz CT molecular complexity index is 519. The van der Waals surface area contributed by atoms with E-state index in [2.05, 4.69) is 0 Å². The van der Waals surface area contributed by atoms with Crippen LogP contribution < -0.4 is 9.47 Å². The van der Waals surface area contributed by atoms with Crippen molar-refractivity contribution in [3.05, 3.63) is 23.8 Å². The number of alkyl halides is 3. The van der Waals surface area contributed by atoms with Crippen LogP contribution in [0.15, 0.2) is 18.2 Å². The smallest absolute Gasteiger partial charge is 0.406 e. The fourth-order valence-corrected chi connectivity index (χ4v) is 2.00. The quantitative estimate of drug-likeness (QED) is 0.915. The Morgan fingerprint density at radius 3 is 2.67 bits per heavy atom. The van der Waals surface area contributed by atoms with Crippen molar-refractivity contribution in [3.8, 4) is 11.5 Å². The van der Waals surface area contributed by atoms with Crippen molar-refractivity contribution in [1.29, 1.82) is 0 Å². The number of hydrogen-bond donors (Lipinski definition) is 1. The first-order chi connectivity index (χ1) is 9.92. The molecular weight excluding hydrogens is 291 g/mol. The second kappa shape index (κ2) is 6.21. The van der Waals surface area contributed by atoms with Gasteiger partial charge >= 0.3 is 6.18 Å². The summed E-state index contributed by atoms with van der Waals surface area (Å²) in [6.45, 7) is -1.88. The van der Waals surface area contributed by atoms with E-state index in [1.807, 2.05) is 0 Å². The number of halogens is 3. The first kappa shape index (κ1) is 15.4. The van der Waals surface area contributed by atoms with Crippen LogP contribution in [0, 0.1) is 0 Å². The minimum Gasteiger partial charge on any atom is -0.486 e. The van der Waals surface area contributed by atoms with E-state index in [-0.39, 0.29) is 17.9 Å². The highest BCUT2D eigenvalue weighted by atomic mass is 19.4. The monoisotopic (exact) mass is 305 g/mol. The Kier molecular flexibility index (Phi) is 4.56. The molecular formula is C13H14F3NO4. The molecule has 0 aromatic heterocycles. The van der Waals surface area contributed by atoms with Gasteiger partial charge in [-0.2, -0.15) is 13.2 Å². The van der Waals surface area contributed by atoms with Gasteiger partial charge in [-0.05, 0) is 12.1 Å². The lowest BCUT2D eigenvalue weighted by molar-refractivity contribution is -0.141. The predicted octanol–water partition coefficient (Wildman–Crippen LogP) is 1.45. The molecule has 8 heteroatoms. The maximum Gasteiger partial charge on any atom is 0.406 e. The lowest BCUT2D eigenvalue weighted by atomic mass is 10.1. The average molecular weight is 305 g/mol. The highest BCUT2D eigenvalue weighted by Gasteiger charge is 2.34. The normalized spacial score (nSPS) is 13.9. The molecule has 0 saturated heterocycles. The summed E-state index contributed by atoms with van der Waals surface area (Å²) in [7, 11) is 0. The number of ether oxygens (including phenoxy) is 2. The molecule has 21 heavy (non-hydrogen) atoms. The lowest BCUT2D eigenvalue weighted by Crippen LogP contribution is -2.41. The van der Waals surface area contributed by atoms with Crippen LogP contribution >= 0.6 is 0 Å². The molecule has 1 N–H and O–H groups in total. The molecule has 116 valence electrons. The van der Waals surface area contributed by atoms with Crippen LogP contribution in [0.5, 0.6) is 11.5 Å². The molecule has 0 atom stereocenters. The number of aliphatic hydroxyl groups excluding tert-OH is 1. The Labute approximate surface area is 118 Å². The van der Waals surface area contributed by atoms with Crippen molar-refractivity contribution in [2.24, 2.45) is 0 Å². The fraction of sp³-hybridized carbons (Fsp3) is 0.462. The third kappa shape index (κ3) is 3.78. The number of rotatable bonds is 4. The molecule has 1 aromatic carbocycles. The highest BCUT2D eigenvalue weighted by molar-refractivity contribution is 5.98. The number of carbonyl (C=O) groups is 1. The molecule has 1 aliphatic rings. The molecule has 0 fully saturated rings. The number of carbonyl (C=O) groups excluding carboxylic acids is 1. The van der Waals surface area contributed by atoms with Crippen molar-refractivity contribution in [3.63, 3.8) is 0 Å². The van der Waals surface area contributed by atoms with E-state index in [0.717, 1.165) is 0 Å². The Hall–Kier alpha value is -1.96. The Morgan fingerprint density at radius 1 is 1.29 bits per heavy atom. The van der Waals surface area contributed by atoms with E-state index in [0.29, 0.717) is 17.3 Å². The Morgan fingerprint density at radius 2 is 2.00 bits per heavy atom. The summed E-state index contributed by atoms with van der Waals surface area (Å²) >= 11 is 0. The van der Waals surface area contributed by atoms with Crippen molar-refractivity contribution in [1.82, 2.24) is 4.90 Å². The largest absolute Gasteiger partial charge is 0.486 e. The minimum atomic E-state index is -4.54. The standard InChI is InChI=1S/C13H14F3NO4/c14-13(15,16)8-17(4-5-18)12(19)9-2-1-3-10-11(9)21-7-6-20-10/h1-3,18H,4-8H2. The number of benzene rings is 1. The zero-order valence-corrected chi connectivity index (χ0v) is 11.0. The first-order valence-corrected chi connectivity index (χ1v) is 6.28. The maximum absolute atomic E-state index is 12.5. The van der Waals surface area contributed by atoms with Crippen LogP contribution in [0.25, 0.3) is 0 Å². The molecule has 0 saturated carbocycles. The molecule has 1 aromatic rings. The summed E-state index contributed by atoms with van der Waals surface area (Å²) in [6.07, 6.45) is -4.54. The van der Waals surface area contributed by atoms with Crippen molar-refractivity contribution < 1.29 is 32.5 Å². The second-order valence-electron chi connectivity index (χ2n) is 4.40. The van der Waals surface area contributed by atoms with E-state index in [1.165, 1.54) is 12.1 Å². The van der Waals surface area contributed by atoms with Gasteiger partial charge in [0.1, 0.15) is 19.8 Å². The van der Waals surface area contributed by atoms with E-state index in [4.69, 9.17) is 14.6 Å². The van der Waals surface area contributed by atoms with Gasteiger partial charge in [0.05, 0.1) is 12.2 Å². The molecule has 0 spiro atoms. The van der Waals surface area contributed by atoms with Gasteiger partial charge in [0.25, 0.3) is 5.91 Å². The summed E-state index contributed by atoms with van der Waals surface area (Å²) in [4.78, 5) is 12.8. The van der Waals surface area contributed by atoms with Crippen LogP contribution in [0.1, 0.15) is 10.4 Å². The molecule has 0 radical (unpaired) electrons. The van der Waals surface area contributed by atoms with Crippen LogP contribution in [0.3, 0.4) is 0 Å². The van der Waals surface area contributed by atoms with Gasteiger partial charge in [0.2, 0.25) is 0 Å². The van der Waals surface area contributed by atoms with Gasteiger partial charge < -0.3 is 19.5 Å². The molecule has 0 aliphatic carbocycles. The zero-order chi connectivity index (χ0) is 15.5. The summed E-state index contributed by atoms with van der Waals surface area (Å²) in [6, 6.07) is 4.45. The van der Waals surface area contributed by atoms with Gasteiger partial charge in [-0.1, -0.05) is 6.07 Å². The Balaban J connectivity index is 2.28. The van der Waals surface area contributed by atoms with Crippen LogP contribution in [-0.4, -0.2) is 55.0 Å². The van der Waals surface area contributed by atoms with Gasteiger partial charge in [-0.15, -0.1) is 0 Å². The van der Waals surface area contributed by atoms with Gasteiger partial charge in [0, 0.05) is 6.54 Å². The predicted molar refractivity (Wildman–Crippen MR) is 66.5 cm³/mol.